The minimum Gasteiger partial charge on any atom is -0.486 e. The Morgan fingerprint density at radius 3 is 2.35 bits per heavy atom. The topological polar surface area (TPSA) is 189 Å². The summed E-state index contributed by atoms with van der Waals surface area (Å²) in [5.41, 5.74) is 7.39. The Balaban J connectivity index is 1.45. The van der Waals surface area contributed by atoms with Crippen molar-refractivity contribution in [3.8, 4) is 5.75 Å². The number of nitrogens with zero attached hydrogens (tertiary/aromatic N) is 4. The fourth-order valence-corrected chi connectivity index (χ4v) is 6.52. The van der Waals surface area contributed by atoms with E-state index in [2.05, 4.69) is 15.6 Å². The number of aromatic nitrogens is 2. The molecule has 1 aliphatic rings. The van der Waals surface area contributed by atoms with Crippen molar-refractivity contribution < 1.29 is 32.6 Å². The molecular weight excluding hydrogens is 638 g/mol. The van der Waals surface area contributed by atoms with Crippen molar-refractivity contribution in [3.63, 3.8) is 0 Å². The highest BCUT2D eigenvalue weighted by Gasteiger charge is 2.36. The molecule has 14 nitrogen and oxygen atoms in total. The number of nitrogen functional groups attached to an aromatic ring is 1. The third-order valence-electron chi connectivity index (χ3n) is 8.30. The number of sulfonamides is 1. The Morgan fingerprint density at radius 2 is 1.73 bits per heavy atom. The van der Waals surface area contributed by atoms with Crippen molar-refractivity contribution >= 4 is 44.8 Å². The molecule has 3 atom stereocenters. The third kappa shape index (κ3) is 8.90. The van der Waals surface area contributed by atoms with Gasteiger partial charge in [-0.2, -0.15) is 4.31 Å². The van der Waals surface area contributed by atoms with Gasteiger partial charge < -0.3 is 35.7 Å². The van der Waals surface area contributed by atoms with E-state index in [0.29, 0.717) is 30.6 Å². The maximum atomic E-state index is 13.7. The second kappa shape index (κ2) is 16.1. The van der Waals surface area contributed by atoms with Crippen LogP contribution in [0.3, 0.4) is 0 Å². The van der Waals surface area contributed by atoms with Gasteiger partial charge in [-0.3, -0.25) is 14.4 Å². The first-order chi connectivity index (χ1) is 22.8. The minimum atomic E-state index is -3.95. The van der Waals surface area contributed by atoms with Crippen LogP contribution in [0.5, 0.6) is 5.75 Å². The van der Waals surface area contributed by atoms with E-state index < -0.39 is 22.2 Å². The monoisotopic (exact) mass is 683 g/mol. The second-order valence-electron chi connectivity index (χ2n) is 12.2. The first kappa shape index (κ1) is 36.4. The minimum absolute atomic E-state index is 0.0677. The molecule has 0 fully saturated rings. The van der Waals surface area contributed by atoms with Gasteiger partial charge in [-0.05, 0) is 44.0 Å². The van der Waals surface area contributed by atoms with Crippen molar-refractivity contribution in [2.75, 3.05) is 43.1 Å². The van der Waals surface area contributed by atoms with Gasteiger partial charge in [0.05, 0.1) is 48.1 Å². The van der Waals surface area contributed by atoms with E-state index in [1.165, 1.54) is 19.6 Å². The number of nitrogens with two attached hydrogens (primary N) is 1. The Morgan fingerprint density at radius 1 is 1.08 bits per heavy atom. The number of anilines is 3. The first-order valence-electron chi connectivity index (χ1n) is 15.9. The number of para-hydroxylation sites is 3. The van der Waals surface area contributed by atoms with Crippen molar-refractivity contribution in [3.05, 3.63) is 60.6 Å². The number of rotatable bonds is 14. The van der Waals surface area contributed by atoms with Gasteiger partial charge in [0.25, 0.3) is 15.9 Å². The third-order valence-corrected chi connectivity index (χ3v) is 10.0. The number of hydrogen-bond acceptors (Lipinski definition) is 9. The molecule has 0 saturated carbocycles. The predicted molar refractivity (Wildman–Crippen MR) is 182 cm³/mol. The van der Waals surface area contributed by atoms with Crippen LogP contribution in [0.4, 0.5) is 17.1 Å². The number of carbonyl (C=O) groups excluding carboxylic acids is 3. The molecule has 0 bridgehead atoms. The lowest BCUT2D eigenvalue weighted by atomic mass is 9.99. The number of hydrogen-bond donors (Lipinski definition) is 4. The van der Waals surface area contributed by atoms with Gasteiger partial charge in [0.15, 0.2) is 10.8 Å². The zero-order valence-corrected chi connectivity index (χ0v) is 28.6. The van der Waals surface area contributed by atoms with Crippen LogP contribution in [0.15, 0.2) is 60.0 Å². The van der Waals surface area contributed by atoms with Crippen LogP contribution < -0.4 is 21.1 Å². The Kier molecular flexibility index (Phi) is 12.2. The number of nitrogens with one attached hydrogen (secondary N) is 2. The zero-order chi connectivity index (χ0) is 35.0. The molecule has 260 valence electrons. The number of fused-ring (bicyclic) bond motifs is 1. The van der Waals surface area contributed by atoms with Crippen LogP contribution in [-0.2, 0) is 26.7 Å². The molecule has 1 aromatic heterocycles. The molecule has 5 N–H and O–H groups in total. The Bertz CT molecular complexity index is 1710. The molecular formula is C33H45N7O7S. The molecule has 3 aromatic rings. The second-order valence-corrected chi connectivity index (χ2v) is 14.2. The van der Waals surface area contributed by atoms with E-state index in [9.17, 15) is 27.9 Å². The number of aliphatic hydroxyl groups excluding tert-OH is 1. The average molecular weight is 684 g/mol. The number of carbonyl (C=O) groups is 3. The normalized spacial score (nSPS) is 17.2. The molecule has 2 heterocycles. The van der Waals surface area contributed by atoms with Crippen molar-refractivity contribution in [2.24, 2.45) is 13.0 Å². The van der Waals surface area contributed by atoms with E-state index in [0.717, 1.165) is 4.31 Å². The van der Waals surface area contributed by atoms with Crippen LogP contribution in [0.1, 0.15) is 56.3 Å². The van der Waals surface area contributed by atoms with Crippen LogP contribution in [0.2, 0.25) is 0 Å². The highest BCUT2D eigenvalue weighted by atomic mass is 32.2. The van der Waals surface area contributed by atoms with Gasteiger partial charge in [-0.25, -0.2) is 13.4 Å². The number of aliphatic hydroxyl groups is 1. The molecule has 0 aliphatic carbocycles. The van der Waals surface area contributed by atoms with Gasteiger partial charge in [0.2, 0.25) is 11.8 Å². The number of amides is 3. The zero-order valence-electron chi connectivity index (χ0n) is 27.8. The van der Waals surface area contributed by atoms with E-state index in [1.54, 1.807) is 65.9 Å². The maximum Gasteiger partial charge on any atom is 0.261 e. The lowest BCUT2D eigenvalue weighted by molar-refractivity contribution is -0.116. The van der Waals surface area contributed by atoms with E-state index in [-0.39, 0.29) is 78.2 Å². The van der Waals surface area contributed by atoms with Gasteiger partial charge in [-0.15, -0.1) is 0 Å². The summed E-state index contributed by atoms with van der Waals surface area (Å²) >= 11 is 0. The molecule has 0 radical (unpaired) electrons. The predicted octanol–water partition coefficient (Wildman–Crippen LogP) is 3.07. The summed E-state index contributed by atoms with van der Waals surface area (Å²) in [6.45, 7) is 3.44. The lowest BCUT2D eigenvalue weighted by Crippen LogP contribution is -2.50. The number of benzene rings is 2. The summed E-state index contributed by atoms with van der Waals surface area (Å²) in [4.78, 5) is 44.6. The Labute approximate surface area is 281 Å². The number of imidazole rings is 1. The van der Waals surface area contributed by atoms with Crippen LogP contribution in [0.25, 0.3) is 0 Å². The van der Waals surface area contributed by atoms with Gasteiger partial charge in [-0.1, -0.05) is 31.5 Å². The van der Waals surface area contributed by atoms with E-state index >= 15 is 0 Å². The molecule has 2 aromatic carbocycles. The highest BCUT2D eigenvalue weighted by Crippen LogP contribution is 2.35. The van der Waals surface area contributed by atoms with Gasteiger partial charge in [0, 0.05) is 45.6 Å². The van der Waals surface area contributed by atoms with Gasteiger partial charge >= 0.3 is 0 Å². The summed E-state index contributed by atoms with van der Waals surface area (Å²) in [7, 11) is -0.838. The quantitative estimate of drug-likeness (QED) is 0.146. The van der Waals surface area contributed by atoms with E-state index in [1.807, 2.05) is 6.92 Å². The summed E-state index contributed by atoms with van der Waals surface area (Å²) < 4.78 is 35.7. The van der Waals surface area contributed by atoms with Crippen molar-refractivity contribution in [2.45, 2.75) is 63.1 Å². The van der Waals surface area contributed by atoms with Gasteiger partial charge in [0.1, 0.15) is 6.10 Å². The van der Waals surface area contributed by atoms with Crippen molar-refractivity contribution in [1.82, 2.24) is 18.8 Å². The first-order valence-corrected chi connectivity index (χ1v) is 17.4. The molecule has 3 amide bonds. The summed E-state index contributed by atoms with van der Waals surface area (Å²) in [6.07, 6.45) is 4.28. The number of likely N-dealkylation sites (N-methyl/N-ethyl adjacent to an activating group) is 1. The van der Waals surface area contributed by atoms with Crippen molar-refractivity contribution in [1.29, 1.82) is 0 Å². The van der Waals surface area contributed by atoms with Crippen LogP contribution >= 0.6 is 0 Å². The lowest BCUT2D eigenvalue weighted by Gasteiger charge is -2.38. The molecule has 4 rings (SSSR count). The summed E-state index contributed by atoms with van der Waals surface area (Å²) in [5.74, 6) is -1.07. The molecule has 0 unspecified atom stereocenters. The maximum absolute atomic E-state index is 13.7. The Hall–Kier alpha value is -4.47. The fourth-order valence-electron chi connectivity index (χ4n) is 5.38. The smallest absolute Gasteiger partial charge is 0.261 e. The molecule has 48 heavy (non-hydrogen) atoms. The van der Waals surface area contributed by atoms with Crippen LogP contribution in [-0.4, -0.2) is 88.9 Å². The van der Waals surface area contributed by atoms with Crippen LogP contribution in [0, 0.1) is 5.92 Å². The van der Waals surface area contributed by atoms with E-state index in [4.69, 9.17) is 10.5 Å². The number of unbranched alkanes of at least 4 members (excludes halogenated alkanes) is 2. The molecule has 0 spiro atoms. The molecule has 1 aliphatic heterocycles. The largest absolute Gasteiger partial charge is 0.486 e. The summed E-state index contributed by atoms with van der Waals surface area (Å²) in [6, 6.07) is 11.3. The average Bonchev–Trinajstić information content (AvgIpc) is 3.50. The molecule has 0 saturated heterocycles. The molecule has 15 heteroatoms. The summed E-state index contributed by atoms with van der Waals surface area (Å²) in [5, 5.41) is 15.5. The number of ether oxygens (including phenoxy) is 1. The number of aryl methyl sites for hydroxylation is 1. The standard InChI is InChI=1S/C33H45N7O7S/c1-22-17-40(23(2)20-41)33(44)24-11-10-14-27(32(24)47-28(22)18-39(4)48(45,46)31-19-38(3)21-35-31)37-30(43)16-7-5-6-15-29(42)36-26-13-9-8-12-25(26)34/h8-14,19,21-23,28,41H,5-7,15-18,20,34H2,1-4H3,(H,36,42)(H,37,43)/t22-,23+,28-/m0/s1. The SMILES string of the molecule is C[C@H](CO)N1C[C@H](C)[C@H](CN(C)S(=O)(=O)c2cn(C)cn2)Oc2c(NC(=O)CCCCCC(=O)Nc3ccccc3N)cccc2C1=O. The highest BCUT2D eigenvalue weighted by molar-refractivity contribution is 7.89. The fraction of sp³-hybridized carbons (Fsp3) is 0.455.